The van der Waals surface area contributed by atoms with E-state index in [0.29, 0.717) is 6.29 Å². The van der Waals surface area contributed by atoms with Gasteiger partial charge in [0.15, 0.2) is 23.7 Å². The first-order valence-electron chi connectivity index (χ1n) is 5.33. The standard InChI is InChI=1S/C12H7ClF3N3O/c1-5-17-11(13)7(4-20)12(18-5)19-6-2-8(14)10(16)9(15)3-6/h2-4H,1H3,(H,17,18,19). The Morgan fingerprint density at radius 1 is 1.20 bits per heavy atom. The fraction of sp³-hybridized carbons (Fsp3) is 0.0833. The fourth-order valence-corrected chi connectivity index (χ4v) is 1.77. The number of carbonyl (C=O) groups excluding carboxylic acids is 1. The first kappa shape index (κ1) is 14.3. The lowest BCUT2D eigenvalue weighted by atomic mass is 10.2. The van der Waals surface area contributed by atoms with Crippen LogP contribution in [0.1, 0.15) is 16.2 Å². The number of anilines is 2. The van der Waals surface area contributed by atoms with Crippen molar-refractivity contribution in [2.24, 2.45) is 0 Å². The molecule has 0 radical (unpaired) electrons. The first-order chi connectivity index (χ1) is 9.42. The van der Waals surface area contributed by atoms with Gasteiger partial charge in [-0.2, -0.15) is 0 Å². The van der Waals surface area contributed by atoms with E-state index in [1.54, 1.807) is 0 Å². The second-order valence-corrected chi connectivity index (χ2v) is 4.18. The van der Waals surface area contributed by atoms with Gasteiger partial charge in [0.1, 0.15) is 16.8 Å². The van der Waals surface area contributed by atoms with Gasteiger partial charge in [-0.3, -0.25) is 4.79 Å². The third-order valence-corrected chi connectivity index (χ3v) is 2.66. The van der Waals surface area contributed by atoms with Crippen LogP contribution in [0.5, 0.6) is 0 Å². The predicted molar refractivity (Wildman–Crippen MR) is 66.8 cm³/mol. The van der Waals surface area contributed by atoms with Crippen LogP contribution in [0, 0.1) is 24.4 Å². The van der Waals surface area contributed by atoms with E-state index in [4.69, 9.17) is 11.6 Å². The SMILES string of the molecule is Cc1nc(Cl)c(C=O)c(Nc2cc(F)c(F)c(F)c2)n1. The van der Waals surface area contributed by atoms with Crippen molar-refractivity contribution < 1.29 is 18.0 Å². The van der Waals surface area contributed by atoms with Crippen LogP contribution < -0.4 is 5.32 Å². The summed E-state index contributed by atoms with van der Waals surface area (Å²) in [7, 11) is 0. The molecule has 2 aromatic rings. The molecule has 1 aromatic heterocycles. The Morgan fingerprint density at radius 3 is 2.35 bits per heavy atom. The maximum atomic E-state index is 13.1. The highest BCUT2D eigenvalue weighted by molar-refractivity contribution is 6.32. The van der Waals surface area contributed by atoms with Crippen LogP contribution in [0.3, 0.4) is 0 Å². The zero-order chi connectivity index (χ0) is 14.9. The highest BCUT2D eigenvalue weighted by Crippen LogP contribution is 2.25. The number of nitrogens with zero attached hydrogens (tertiary/aromatic N) is 2. The summed E-state index contributed by atoms with van der Waals surface area (Å²) in [4.78, 5) is 18.6. The number of halogens is 4. The molecule has 1 N–H and O–H groups in total. The molecule has 20 heavy (non-hydrogen) atoms. The number of aromatic nitrogens is 2. The minimum atomic E-state index is -1.58. The molecule has 0 spiro atoms. The molecule has 0 aliphatic heterocycles. The van der Waals surface area contributed by atoms with Gasteiger partial charge in [0.25, 0.3) is 0 Å². The normalized spacial score (nSPS) is 10.4. The van der Waals surface area contributed by atoms with Gasteiger partial charge in [-0.15, -0.1) is 0 Å². The quantitative estimate of drug-likeness (QED) is 0.536. The van der Waals surface area contributed by atoms with E-state index < -0.39 is 17.5 Å². The topological polar surface area (TPSA) is 54.9 Å². The van der Waals surface area contributed by atoms with E-state index in [2.05, 4.69) is 15.3 Å². The molecular formula is C12H7ClF3N3O. The summed E-state index contributed by atoms with van der Waals surface area (Å²) < 4.78 is 39.0. The third kappa shape index (κ3) is 2.72. The van der Waals surface area contributed by atoms with Crippen LogP contribution in [-0.4, -0.2) is 16.3 Å². The molecule has 0 aliphatic rings. The Morgan fingerprint density at radius 2 is 1.80 bits per heavy atom. The molecule has 8 heteroatoms. The number of benzene rings is 1. The number of hydrogen-bond donors (Lipinski definition) is 1. The summed E-state index contributed by atoms with van der Waals surface area (Å²) in [6.45, 7) is 1.53. The van der Waals surface area contributed by atoms with Gasteiger partial charge in [0.2, 0.25) is 0 Å². The third-order valence-electron chi connectivity index (χ3n) is 2.38. The van der Waals surface area contributed by atoms with Crippen LogP contribution in [0.2, 0.25) is 5.15 Å². The van der Waals surface area contributed by atoms with Crippen LogP contribution in [0.25, 0.3) is 0 Å². The van der Waals surface area contributed by atoms with Gasteiger partial charge < -0.3 is 5.32 Å². The molecule has 0 saturated heterocycles. The fourth-order valence-electron chi connectivity index (χ4n) is 1.51. The maximum absolute atomic E-state index is 13.1. The molecule has 0 fully saturated rings. The van der Waals surface area contributed by atoms with Crippen LogP contribution in [0.4, 0.5) is 24.7 Å². The monoisotopic (exact) mass is 301 g/mol. The highest BCUT2D eigenvalue weighted by Gasteiger charge is 2.14. The zero-order valence-electron chi connectivity index (χ0n) is 10.0. The average Bonchev–Trinajstić information content (AvgIpc) is 2.35. The van der Waals surface area contributed by atoms with Gasteiger partial charge in [-0.25, -0.2) is 23.1 Å². The summed E-state index contributed by atoms with van der Waals surface area (Å²) in [5, 5.41) is 2.40. The molecule has 0 atom stereocenters. The first-order valence-corrected chi connectivity index (χ1v) is 5.71. The number of nitrogens with one attached hydrogen (secondary N) is 1. The lowest BCUT2D eigenvalue weighted by Crippen LogP contribution is -2.04. The Balaban J connectivity index is 2.47. The number of aldehydes is 1. The molecule has 104 valence electrons. The van der Waals surface area contributed by atoms with Crippen LogP contribution >= 0.6 is 11.6 Å². The molecule has 0 amide bonds. The van der Waals surface area contributed by atoms with E-state index >= 15 is 0 Å². The van der Waals surface area contributed by atoms with Gasteiger partial charge in [-0.1, -0.05) is 11.6 Å². The number of hydrogen-bond acceptors (Lipinski definition) is 4. The molecular weight excluding hydrogens is 295 g/mol. The van der Waals surface area contributed by atoms with Crippen molar-refractivity contribution >= 4 is 29.4 Å². The Labute approximate surface area is 116 Å². The van der Waals surface area contributed by atoms with Crippen LogP contribution in [0.15, 0.2) is 12.1 Å². The Kier molecular flexibility index (Phi) is 3.89. The summed E-state index contributed by atoms with van der Waals surface area (Å²) in [6, 6.07) is 1.47. The summed E-state index contributed by atoms with van der Waals surface area (Å²) >= 11 is 5.76. The maximum Gasteiger partial charge on any atom is 0.194 e. The number of carbonyl (C=O) groups is 1. The number of rotatable bonds is 3. The molecule has 0 aliphatic carbocycles. The summed E-state index contributed by atoms with van der Waals surface area (Å²) in [5.41, 5.74) is -0.180. The summed E-state index contributed by atoms with van der Waals surface area (Å²) in [6.07, 6.45) is 0.403. The van der Waals surface area contributed by atoms with Crippen molar-refractivity contribution in [1.82, 2.24) is 9.97 Å². The summed E-state index contributed by atoms with van der Waals surface area (Å²) in [5.74, 6) is -4.08. The minimum absolute atomic E-state index is 0.0251. The predicted octanol–water partition coefficient (Wildman–Crippen LogP) is 3.41. The molecule has 4 nitrogen and oxygen atoms in total. The van der Waals surface area contributed by atoms with E-state index in [1.807, 2.05) is 0 Å². The zero-order valence-corrected chi connectivity index (χ0v) is 10.8. The molecule has 0 saturated carbocycles. The second kappa shape index (κ2) is 5.46. The Bertz CT molecular complexity index is 671. The van der Waals surface area contributed by atoms with E-state index in [-0.39, 0.29) is 28.0 Å². The van der Waals surface area contributed by atoms with Crippen molar-refractivity contribution in [2.75, 3.05) is 5.32 Å². The Hall–Kier alpha value is -2.15. The van der Waals surface area contributed by atoms with E-state index in [1.165, 1.54) is 6.92 Å². The van der Waals surface area contributed by atoms with Crippen molar-refractivity contribution in [3.63, 3.8) is 0 Å². The molecule has 1 heterocycles. The van der Waals surface area contributed by atoms with Crippen molar-refractivity contribution in [3.05, 3.63) is 46.1 Å². The second-order valence-electron chi connectivity index (χ2n) is 3.82. The van der Waals surface area contributed by atoms with Crippen molar-refractivity contribution in [1.29, 1.82) is 0 Å². The van der Waals surface area contributed by atoms with Crippen LogP contribution in [-0.2, 0) is 0 Å². The molecule has 1 aromatic carbocycles. The number of aryl methyl sites for hydroxylation is 1. The lowest BCUT2D eigenvalue weighted by Gasteiger charge is -2.10. The van der Waals surface area contributed by atoms with Gasteiger partial charge in [-0.05, 0) is 6.92 Å². The van der Waals surface area contributed by atoms with Crippen molar-refractivity contribution in [3.8, 4) is 0 Å². The van der Waals surface area contributed by atoms with E-state index in [0.717, 1.165) is 12.1 Å². The molecule has 2 rings (SSSR count). The largest absolute Gasteiger partial charge is 0.339 e. The van der Waals surface area contributed by atoms with Gasteiger partial charge in [0.05, 0.1) is 5.56 Å². The molecule has 0 bridgehead atoms. The average molecular weight is 302 g/mol. The lowest BCUT2D eigenvalue weighted by molar-refractivity contribution is 0.112. The van der Waals surface area contributed by atoms with Gasteiger partial charge >= 0.3 is 0 Å². The minimum Gasteiger partial charge on any atom is -0.339 e. The molecule has 0 unspecified atom stereocenters. The smallest absolute Gasteiger partial charge is 0.194 e. The van der Waals surface area contributed by atoms with Crippen molar-refractivity contribution in [2.45, 2.75) is 6.92 Å². The highest BCUT2D eigenvalue weighted by atomic mass is 35.5. The van der Waals surface area contributed by atoms with Gasteiger partial charge in [0, 0.05) is 17.8 Å². The van der Waals surface area contributed by atoms with E-state index in [9.17, 15) is 18.0 Å².